The first-order chi connectivity index (χ1) is 14.3. The summed E-state index contributed by atoms with van der Waals surface area (Å²) in [5.74, 6) is 0.139. The summed E-state index contributed by atoms with van der Waals surface area (Å²) in [4.78, 5) is 12.3. The minimum Gasteiger partial charge on any atom is -0.305 e. The molecule has 0 aliphatic carbocycles. The summed E-state index contributed by atoms with van der Waals surface area (Å²) >= 11 is 1.25. The zero-order valence-corrected chi connectivity index (χ0v) is 18.2. The highest BCUT2D eigenvalue weighted by molar-refractivity contribution is 7.99. The quantitative estimate of drug-likeness (QED) is 0.369. The van der Waals surface area contributed by atoms with E-state index in [-0.39, 0.29) is 18.1 Å². The van der Waals surface area contributed by atoms with Crippen molar-refractivity contribution in [3.05, 3.63) is 71.8 Å². The maximum atomic E-state index is 13.2. The highest BCUT2D eigenvalue weighted by Crippen LogP contribution is 2.23. The number of hydrogen-bond donors (Lipinski definition) is 0. The van der Waals surface area contributed by atoms with Gasteiger partial charge in [-0.2, -0.15) is 0 Å². The van der Waals surface area contributed by atoms with Gasteiger partial charge in [0.05, 0.1) is 24.2 Å². The van der Waals surface area contributed by atoms with E-state index in [1.807, 2.05) is 13.0 Å². The van der Waals surface area contributed by atoms with Crippen molar-refractivity contribution >= 4 is 33.3 Å². The lowest BCUT2D eigenvalue weighted by Gasteiger charge is -2.22. The van der Waals surface area contributed by atoms with E-state index in [1.165, 1.54) is 36.0 Å². The van der Waals surface area contributed by atoms with Crippen molar-refractivity contribution in [2.75, 3.05) is 16.3 Å². The Labute approximate surface area is 179 Å². The summed E-state index contributed by atoms with van der Waals surface area (Å²) in [6.45, 7) is 2.34. The van der Waals surface area contributed by atoms with Crippen LogP contribution in [0, 0.1) is 5.82 Å². The van der Waals surface area contributed by atoms with Gasteiger partial charge in [0, 0.05) is 12.1 Å². The summed E-state index contributed by atoms with van der Waals surface area (Å²) in [6.07, 6.45) is 1.08. The lowest BCUT2D eigenvalue weighted by Crippen LogP contribution is -2.30. The molecule has 1 heterocycles. The molecule has 7 nitrogen and oxygen atoms in total. The largest absolute Gasteiger partial charge is 0.305 e. The van der Waals surface area contributed by atoms with Crippen LogP contribution in [0.3, 0.4) is 0 Å². The van der Waals surface area contributed by atoms with Crippen molar-refractivity contribution in [1.29, 1.82) is 0 Å². The predicted octanol–water partition coefficient (Wildman–Crippen LogP) is 3.38. The fraction of sp³-hybridized carbons (Fsp3) is 0.250. The van der Waals surface area contributed by atoms with Crippen LogP contribution in [0.4, 0.5) is 10.1 Å². The van der Waals surface area contributed by atoms with E-state index in [1.54, 1.807) is 28.8 Å². The Kier molecular flexibility index (Phi) is 6.88. The SMILES string of the molecule is CCn1c(CN(c2ccc(F)cc2)S(C)(=O)=O)nnc1SCC(=O)c1ccccc1. The maximum Gasteiger partial charge on any atom is 0.232 e. The molecule has 0 aliphatic rings. The van der Waals surface area contributed by atoms with Gasteiger partial charge in [-0.3, -0.25) is 9.10 Å². The van der Waals surface area contributed by atoms with Crippen LogP contribution in [-0.2, 0) is 23.1 Å². The molecule has 30 heavy (non-hydrogen) atoms. The summed E-state index contributed by atoms with van der Waals surface area (Å²) < 4.78 is 40.8. The van der Waals surface area contributed by atoms with Gasteiger partial charge < -0.3 is 4.57 Å². The second-order valence-electron chi connectivity index (χ2n) is 6.47. The predicted molar refractivity (Wildman–Crippen MR) is 115 cm³/mol. The lowest BCUT2D eigenvalue weighted by atomic mass is 10.2. The standard InChI is InChI=1S/C20H21FN4O3S2/c1-3-24-19(13-25(30(2,27)28)17-11-9-16(21)10-12-17)22-23-20(24)29-14-18(26)15-7-5-4-6-8-15/h4-12H,3,13-14H2,1-2H3. The van der Waals surface area contributed by atoms with Gasteiger partial charge in [-0.15, -0.1) is 10.2 Å². The van der Waals surface area contributed by atoms with Gasteiger partial charge in [-0.25, -0.2) is 12.8 Å². The molecular formula is C20H21FN4O3S2. The number of carbonyl (C=O) groups is 1. The number of halogens is 1. The van der Waals surface area contributed by atoms with E-state index in [4.69, 9.17) is 0 Å². The Bertz CT molecular complexity index is 1120. The van der Waals surface area contributed by atoms with Crippen molar-refractivity contribution in [3.63, 3.8) is 0 Å². The number of thioether (sulfide) groups is 1. The van der Waals surface area contributed by atoms with Gasteiger partial charge in [0.25, 0.3) is 0 Å². The van der Waals surface area contributed by atoms with Crippen LogP contribution in [0.15, 0.2) is 59.8 Å². The molecule has 3 aromatic rings. The third-order valence-electron chi connectivity index (χ3n) is 4.34. The molecule has 1 aromatic heterocycles. The van der Waals surface area contributed by atoms with Gasteiger partial charge >= 0.3 is 0 Å². The smallest absolute Gasteiger partial charge is 0.232 e. The van der Waals surface area contributed by atoms with Crippen LogP contribution in [0.5, 0.6) is 0 Å². The molecule has 0 unspecified atom stereocenters. The van der Waals surface area contributed by atoms with E-state index in [9.17, 15) is 17.6 Å². The van der Waals surface area contributed by atoms with Crippen molar-refractivity contribution in [1.82, 2.24) is 14.8 Å². The number of rotatable bonds is 9. The number of hydrogen-bond acceptors (Lipinski definition) is 6. The van der Waals surface area contributed by atoms with Crippen LogP contribution in [0.1, 0.15) is 23.1 Å². The van der Waals surface area contributed by atoms with Crippen molar-refractivity contribution in [2.24, 2.45) is 0 Å². The van der Waals surface area contributed by atoms with Gasteiger partial charge in [-0.1, -0.05) is 42.1 Å². The lowest BCUT2D eigenvalue weighted by molar-refractivity contribution is 0.102. The van der Waals surface area contributed by atoms with Crippen LogP contribution in [-0.4, -0.2) is 41.0 Å². The third kappa shape index (κ3) is 5.25. The number of benzene rings is 2. The molecule has 0 atom stereocenters. The molecule has 158 valence electrons. The molecular weight excluding hydrogens is 427 g/mol. The minimum absolute atomic E-state index is 0.0307. The highest BCUT2D eigenvalue weighted by Gasteiger charge is 2.22. The van der Waals surface area contributed by atoms with Crippen molar-refractivity contribution in [2.45, 2.75) is 25.2 Å². The van der Waals surface area contributed by atoms with Crippen LogP contribution in [0.25, 0.3) is 0 Å². The maximum absolute atomic E-state index is 13.2. The number of Topliss-reactive ketones (excluding diaryl/α,β-unsaturated/α-hetero) is 1. The van der Waals surface area contributed by atoms with Gasteiger partial charge in [0.15, 0.2) is 16.8 Å². The first kappa shape index (κ1) is 22.0. The molecule has 0 spiro atoms. The molecule has 0 fully saturated rings. The molecule has 0 saturated carbocycles. The fourth-order valence-electron chi connectivity index (χ4n) is 2.83. The summed E-state index contributed by atoms with van der Waals surface area (Å²) in [6, 6.07) is 14.2. The fourth-order valence-corrected chi connectivity index (χ4v) is 4.60. The zero-order chi connectivity index (χ0) is 21.7. The topological polar surface area (TPSA) is 85.2 Å². The van der Waals surface area contributed by atoms with E-state index >= 15 is 0 Å². The number of sulfonamides is 1. The Morgan fingerprint density at radius 1 is 1.10 bits per heavy atom. The number of aromatic nitrogens is 3. The van der Waals surface area contributed by atoms with Gasteiger partial charge in [0.1, 0.15) is 5.82 Å². The molecule has 0 saturated heterocycles. The summed E-state index contributed by atoms with van der Waals surface area (Å²) in [5.41, 5.74) is 0.949. The molecule has 3 rings (SSSR count). The average Bonchev–Trinajstić information content (AvgIpc) is 3.12. The Morgan fingerprint density at radius 2 is 1.77 bits per heavy atom. The second kappa shape index (κ2) is 9.40. The number of carbonyl (C=O) groups excluding carboxylic acids is 1. The first-order valence-electron chi connectivity index (χ1n) is 9.16. The number of ketones is 1. The average molecular weight is 449 g/mol. The third-order valence-corrected chi connectivity index (χ3v) is 6.45. The molecule has 0 N–H and O–H groups in total. The van der Waals surface area contributed by atoms with Crippen molar-refractivity contribution < 1.29 is 17.6 Å². The Hall–Kier alpha value is -2.72. The van der Waals surface area contributed by atoms with Gasteiger partial charge in [0.2, 0.25) is 10.0 Å². The van der Waals surface area contributed by atoms with E-state index in [2.05, 4.69) is 10.2 Å². The number of anilines is 1. The monoisotopic (exact) mass is 448 g/mol. The molecule has 0 bridgehead atoms. The first-order valence-corrected chi connectivity index (χ1v) is 12.0. The van der Waals surface area contributed by atoms with Gasteiger partial charge in [-0.05, 0) is 31.2 Å². The van der Waals surface area contributed by atoms with Crippen LogP contribution >= 0.6 is 11.8 Å². The second-order valence-corrected chi connectivity index (χ2v) is 9.32. The zero-order valence-electron chi connectivity index (χ0n) is 16.5. The number of nitrogens with zero attached hydrogens (tertiary/aromatic N) is 4. The molecule has 0 aliphatic heterocycles. The van der Waals surface area contributed by atoms with E-state index < -0.39 is 15.8 Å². The van der Waals surface area contributed by atoms with Crippen LogP contribution < -0.4 is 4.31 Å². The normalized spacial score (nSPS) is 11.4. The summed E-state index contributed by atoms with van der Waals surface area (Å²) in [5, 5.41) is 8.80. The van der Waals surface area contributed by atoms with Crippen molar-refractivity contribution in [3.8, 4) is 0 Å². The summed E-state index contributed by atoms with van der Waals surface area (Å²) in [7, 11) is -3.64. The highest BCUT2D eigenvalue weighted by atomic mass is 32.2. The molecule has 2 aromatic carbocycles. The Morgan fingerprint density at radius 3 is 2.37 bits per heavy atom. The van der Waals surface area contributed by atoms with E-state index in [0.29, 0.717) is 28.8 Å². The van der Waals surface area contributed by atoms with Crippen LogP contribution in [0.2, 0.25) is 0 Å². The van der Waals surface area contributed by atoms with E-state index in [0.717, 1.165) is 10.6 Å². The Balaban J connectivity index is 1.80. The molecule has 0 amide bonds. The minimum atomic E-state index is -3.64. The molecule has 10 heteroatoms. The molecule has 0 radical (unpaired) electrons.